The maximum Gasteiger partial charge on any atom is 0.472 e. The number of phosphoric acid groups is 2. The van der Waals surface area contributed by atoms with Crippen LogP contribution in [-0.2, 0) is 65.4 Å². The second-order valence-corrected chi connectivity index (χ2v) is 36.4. The standard InChI is InChI=1S/C92H180O17P2/c1-6-9-12-15-18-21-24-27-30-33-36-39-41-44-47-50-55-60-65-70-75-89(94)102-81-87(108-91(96)77-73-68-63-57-52-49-46-43-40-37-34-31-28-25-22-19-16-13-10-7-2)83-106-110(98,99)104-79-86(93)80-105-111(100,101)107-84-88(82-103-90(95)76-71-66-61-58-53-54-59-64-69-74-85(4)5)109-92(97)78-72-67-62-56-51-48-45-42-38-35-32-29-26-23-20-17-14-11-8-3/h85-88,93H,6-84H2,1-5H3,(H,98,99)(H,100,101)/t86-,87-,88-/m1/s1. The van der Waals surface area contributed by atoms with Gasteiger partial charge in [0.2, 0.25) is 0 Å². The average Bonchev–Trinajstić information content (AvgIpc) is 0.898. The van der Waals surface area contributed by atoms with E-state index in [9.17, 15) is 43.2 Å². The summed E-state index contributed by atoms with van der Waals surface area (Å²) in [5.41, 5.74) is 0. The van der Waals surface area contributed by atoms with Crippen molar-refractivity contribution >= 4 is 39.5 Å². The van der Waals surface area contributed by atoms with E-state index in [4.69, 9.17) is 37.0 Å². The van der Waals surface area contributed by atoms with E-state index < -0.39 is 97.5 Å². The molecule has 0 amide bonds. The molecule has 0 saturated heterocycles. The van der Waals surface area contributed by atoms with E-state index in [-0.39, 0.29) is 25.7 Å². The first kappa shape index (κ1) is 109. The maximum absolute atomic E-state index is 13.2. The third-order valence-corrected chi connectivity index (χ3v) is 23.7. The Balaban J connectivity index is 5.24. The Labute approximate surface area is 683 Å². The first-order valence-electron chi connectivity index (χ1n) is 47.6. The summed E-state index contributed by atoms with van der Waals surface area (Å²) in [6.45, 7) is 7.39. The monoisotopic (exact) mass is 1620 g/mol. The van der Waals surface area contributed by atoms with Crippen molar-refractivity contribution in [1.82, 2.24) is 0 Å². The Hall–Kier alpha value is -1.94. The molecular formula is C92H180O17P2. The number of ether oxygens (including phenoxy) is 4. The summed E-state index contributed by atoms with van der Waals surface area (Å²) in [6, 6.07) is 0. The average molecular weight is 1620 g/mol. The van der Waals surface area contributed by atoms with Crippen LogP contribution in [0.1, 0.15) is 503 Å². The molecule has 3 N–H and O–H groups in total. The lowest BCUT2D eigenvalue weighted by Gasteiger charge is -2.21. The molecular weight excluding hydrogens is 1440 g/mol. The SMILES string of the molecule is CCCCCCCCCCCCCCCCCCCCCCC(=O)OC[C@H](COP(=O)(O)OC[C@@H](O)COP(=O)(O)OC[C@@H](COC(=O)CCCCCCCCCCCC(C)C)OC(=O)CCCCCCCCCCCCCCCCCCCCC)OC(=O)CCCCCCCCCCCCCCCCCCCCCC. The van der Waals surface area contributed by atoms with Crippen LogP contribution in [0.4, 0.5) is 0 Å². The van der Waals surface area contributed by atoms with E-state index in [1.807, 2.05) is 0 Å². The van der Waals surface area contributed by atoms with Crippen molar-refractivity contribution in [3.63, 3.8) is 0 Å². The van der Waals surface area contributed by atoms with Crippen molar-refractivity contribution in [1.29, 1.82) is 0 Å². The third-order valence-electron chi connectivity index (χ3n) is 21.8. The molecule has 0 fully saturated rings. The molecule has 0 aromatic heterocycles. The van der Waals surface area contributed by atoms with Gasteiger partial charge in [0.05, 0.1) is 26.4 Å². The molecule has 111 heavy (non-hydrogen) atoms. The fraction of sp³-hybridized carbons (Fsp3) is 0.957. The summed E-state index contributed by atoms with van der Waals surface area (Å²) in [7, 11) is -9.94. The van der Waals surface area contributed by atoms with Crippen LogP contribution in [0.25, 0.3) is 0 Å². The second-order valence-electron chi connectivity index (χ2n) is 33.5. The molecule has 2 unspecified atom stereocenters. The highest BCUT2D eigenvalue weighted by atomic mass is 31.2. The van der Waals surface area contributed by atoms with Crippen LogP contribution in [0.3, 0.4) is 0 Å². The molecule has 5 atom stereocenters. The van der Waals surface area contributed by atoms with Crippen molar-refractivity contribution in [2.45, 2.75) is 522 Å². The molecule has 0 aromatic rings. The number of rotatable bonds is 92. The van der Waals surface area contributed by atoms with E-state index in [0.29, 0.717) is 25.7 Å². The zero-order valence-electron chi connectivity index (χ0n) is 73.1. The van der Waals surface area contributed by atoms with Crippen molar-refractivity contribution in [2.24, 2.45) is 5.92 Å². The maximum atomic E-state index is 13.2. The van der Waals surface area contributed by atoms with Gasteiger partial charge in [-0.15, -0.1) is 0 Å². The Morgan fingerprint density at radius 1 is 0.243 bits per heavy atom. The first-order valence-corrected chi connectivity index (χ1v) is 50.6. The molecule has 0 bridgehead atoms. The molecule has 0 heterocycles. The fourth-order valence-electron chi connectivity index (χ4n) is 14.5. The quantitative estimate of drug-likeness (QED) is 0.0222. The lowest BCUT2D eigenvalue weighted by Crippen LogP contribution is -2.30. The van der Waals surface area contributed by atoms with Gasteiger partial charge >= 0.3 is 39.5 Å². The predicted molar refractivity (Wildman–Crippen MR) is 460 cm³/mol. The van der Waals surface area contributed by atoms with Crippen molar-refractivity contribution < 1.29 is 80.2 Å². The van der Waals surface area contributed by atoms with Crippen LogP contribution < -0.4 is 0 Å². The summed E-state index contributed by atoms with van der Waals surface area (Å²) < 4.78 is 69.1. The Bertz CT molecular complexity index is 2100. The summed E-state index contributed by atoms with van der Waals surface area (Å²) in [5.74, 6) is -1.35. The number of unbranched alkanes of at least 4 members (excludes halogenated alkanes) is 64. The number of aliphatic hydroxyl groups is 1. The van der Waals surface area contributed by atoms with Gasteiger partial charge in [0.15, 0.2) is 12.2 Å². The minimum atomic E-state index is -4.97. The molecule has 0 aliphatic rings. The van der Waals surface area contributed by atoms with Crippen LogP contribution in [0, 0.1) is 5.92 Å². The van der Waals surface area contributed by atoms with Gasteiger partial charge in [-0.1, -0.05) is 452 Å². The second kappa shape index (κ2) is 84.5. The molecule has 0 aliphatic heterocycles. The predicted octanol–water partition coefficient (Wildman–Crippen LogP) is 28.7. The third kappa shape index (κ3) is 85.8. The van der Waals surface area contributed by atoms with E-state index in [0.717, 1.165) is 95.8 Å². The lowest BCUT2D eigenvalue weighted by atomic mass is 10.0. The fourth-order valence-corrected chi connectivity index (χ4v) is 16.1. The number of hydrogen-bond acceptors (Lipinski definition) is 15. The topological polar surface area (TPSA) is 237 Å². The highest BCUT2D eigenvalue weighted by Crippen LogP contribution is 2.45. The zero-order chi connectivity index (χ0) is 81.1. The number of aliphatic hydroxyl groups excluding tert-OH is 1. The molecule has 0 rings (SSSR count). The van der Waals surface area contributed by atoms with Gasteiger partial charge in [-0.2, -0.15) is 0 Å². The molecule has 0 aliphatic carbocycles. The van der Waals surface area contributed by atoms with Crippen LogP contribution in [-0.4, -0.2) is 96.7 Å². The van der Waals surface area contributed by atoms with Gasteiger partial charge in [-0.25, -0.2) is 9.13 Å². The highest BCUT2D eigenvalue weighted by molar-refractivity contribution is 7.47. The van der Waals surface area contributed by atoms with Gasteiger partial charge in [-0.05, 0) is 31.6 Å². The normalized spacial score (nSPS) is 13.7. The van der Waals surface area contributed by atoms with Gasteiger partial charge in [0.1, 0.15) is 19.3 Å². The van der Waals surface area contributed by atoms with Gasteiger partial charge in [0.25, 0.3) is 0 Å². The Kier molecular flexibility index (Phi) is 83.0. The van der Waals surface area contributed by atoms with E-state index in [2.05, 4.69) is 34.6 Å². The Morgan fingerprint density at radius 3 is 0.613 bits per heavy atom. The number of carbonyl (C=O) groups excluding carboxylic acids is 4. The molecule has 0 saturated carbocycles. The first-order chi connectivity index (χ1) is 54.0. The van der Waals surface area contributed by atoms with Gasteiger partial charge in [-0.3, -0.25) is 37.3 Å². The number of hydrogen-bond donors (Lipinski definition) is 3. The van der Waals surface area contributed by atoms with Crippen molar-refractivity contribution in [2.75, 3.05) is 39.6 Å². The number of carbonyl (C=O) groups is 4. The summed E-state index contributed by atoms with van der Waals surface area (Å²) in [6.07, 6.45) is 80.7. The zero-order valence-corrected chi connectivity index (χ0v) is 74.9. The van der Waals surface area contributed by atoms with Crippen LogP contribution in [0.5, 0.6) is 0 Å². The lowest BCUT2D eigenvalue weighted by molar-refractivity contribution is -0.161. The largest absolute Gasteiger partial charge is 0.472 e. The number of esters is 4. The minimum Gasteiger partial charge on any atom is -0.462 e. The molecule has 19 heteroatoms. The van der Waals surface area contributed by atoms with E-state index >= 15 is 0 Å². The van der Waals surface area contributed by atoms with Crippen LogP contribution >= 0.6 is 15.6 Å². The van der Waals surface area contributed by atoms with Gasteiger partial charge < -0.3 is 33.8 Å². The van der Waals surface area contributed by atoms with Crippen LogP contribution in [0.15, 0.2) is 0 Å². The van der Waals surface area contributed by atoms with Crippen molar-refractivity contribution in [3.05, 3.63) is 0 Å². The molecule has 0 spiro atoms. The Morgan fingerprint density at radius 2 is 0.414 bits per heavy atom. The van der Waals surface area contributed by atoms with Crippen molar-refractivity contribution in [3.8, 4) is 0 Å². The van der Waals surface area contributed by atoms with Gasteiger partial charge in [0, 0.05) is 25.7 Å². The van der Waals surface area contributed by atoms with E-state index in [1.165, 1.54) is 327 Å². The molecule has 17 nitrogen and oxygen atoms in total. The van der Waals surface area contributed by atoms with E-state index in [1.54, 1.807) is 0 Å². The summed E-state index contributed by atoms with van der Waals surface area (Å²) >= 11 is 0. The van der Waals surface area contributed by atoms with Crippen LogP contribution in [0.2, 0.25) is 0 Å². The molecule has 660 valence electrons. The summed E-state index contributed by atoms with van der Waals surface area (Å²) in [5, 5.41) is 10.7. The minimum absolute atomic E-state index is 0.109. The highest BCUT2D eigenvalue weighted by Gasteiger charge is 2.31. The molecule has 0 aromatic carbocycles. The summed E-state index contributed by atoms with van der Waals surface area (Å²) in [4.78, 5) is 73.5. The number of phosphoric ester groups is 2. The molecule has 0 radical (unpaired) electrons. The smallest absolute Gasteiger partial charge is 0.462 e.